The van der Waals surface area contributed by atoms with Crippen LogP contribution in [0.4, 0.5) is 0 Å². The van der Waals surface area contributed by atoms with Crippen LogP contribution in [0, 0.1) is 0 Å². The zero-order valence-electron chi connectivity index (χ0n) is 11.3. The maximum atomic E-state index is 10.5. The van der Waals surface area contributed by atoms with Gasteiger partial charge in [0.25, 0.3) is 0 Å². The molecule has 2 rings (SSSR count). The molecule has 0 fully saturated rings. The maximum Gasteiger partial charge on any atom is 0.203 e. The molecule has 0 bridgehead atoms. The third-order valence-corrected chi connectivity index (χ3v) is 4.18. The van der Waals surface area contributed by atoms with Crippen molar-refractivity contribution in [2.45, 2.75) is 6.10 Å². The fraction of sp³-hybridized carbons (Fsp3) is 0.286. The largest absolute Gasteiger partial charge is 0.493 e. The summed E-state index contributed by atoms with van der Waals surface area (Å²) in [5.41, 5.74) is 0.601. The molecule has 0 aliphatic rings. The highest BCUT2D eigenvalue weighted by Gasteiger charge is 2.22. The predicted molar refractivity (Wildman–Crippen MR) is 79.5 cm³/mol. The minimum Gasteiger partial charge on any atom is -0.493 e. The molecule has 1 unspecified atom stereocenters. The average Bonchev–Trinajstić information content (AvgIpc) is 2.91. The van der Waals surface area contributed by atoms with E-state index in [0.717, 1.165) is 4.88 Å². The van der Waals surface area contributed by atoms with Crippen LogP contribution in [0.5, 0.6) is 17.2 Å². The number of methoxy groups -OCH3 is 3. The van der Waals surface area contributed by atoms with Crippen molar-refractivity contribution in [1.82, 2.24) is 0 Å². The van der Waals surface area contributed by atoms with Crippen LogP contribution in [0.1, 0.15) is 16.5 Å². The van der Waals surface area contributed by atoms with Crippen molar-refractivity contribution >= 4 is 22.9 Å². The minimum absolute atomic E-state index is 0.448. The van der Waals surface area contributed by atoms with Crippen LogP contribution in [-0.4, -0.2) is 26.4 Å². The van der Waals surface area contributed by atoms with E-state index in [1.807, 2.05) is 0 Å². The Hall–Kier alpha value is -1.43. The summed E-state index contributed by atoms with van der Waals surface area (Å²) < 4.78 is 16.5. The van der Waals surface area contributed by atoms with Gasteiger partial charge in [-0.05, 0) is 24.3 Å². The number of hydrogen-bond donors (Lipinski definition) is 1. The molecule has 0 saturated heterocycles. The lowest BCUT2D eigenvalue weighted by molar-refractivity contribution is 0.216. The Morgan fingerprint density at radius 3 is 2.20 bits per heavy atom. The van der Waals surface area contributed by atoms with Crippen molar-refractivity contribution in [3.8, 4) is 17.2 Å². The Morgan fingerprint density at radius 1 is 1.00 bits per heavy atom. The molecule has 1 aromatic carbocycles. The van der Waals surface area contributed by atoms with E-state index in [4.69, 9.17) is 25.8 Å². The predicted octanol–water partition coefficient (Wildman–Crippen LogP) is 3.51. The number of rotatable bonds is 5. The molecule has 2 aromatic rings. The Labute approximate surface area is 126 Å². The normalized spacial score (nSPS) is 12.1. The van der Waals surface area contributed by atoms with Gasteiger partial charge in [-0.3, -0.25) is 0 Å². The first-order valence-corrected chi connectivity index (χ1v) is 7.04. The molecule has 0 spiro atoms. The summed E-state index contributed by atoms with van der Waals surface area (Å²) >= 11 is 7.22. The molecule has 1 N–H and O–H groups in total. The van der Waals surface area contributed by atoms with E-state index in [1.54, 1.807) is 31.4 Å². The highest BCUT2D eigenvalue weighted by Crippen LogP contribution is 2.44. The second-order valence-corrected chi connectivity index (χ2v) is 5.71. The van der Waals surface area contributed by atoms with Gasteiger partial charge in [0.1, 0.15) is 6.10 Å². The first kappa shape index (κ1) is 15.0. The molecule has 4 nitrogen and oxygen atoms in total. The highest BCUT2D eigenvalue weighted by molar-refractivity contribution is 7.16. The average molecular weight is 315 g/mol. The smallest absolute Gasteiger partial charge is 0.203 e. The van der Waals surface area contributed by atoms with Crippen LogP contribution in [0.2, 0.25) is 4.34 Å². The first-order valence-electron chi connectivity index (χ1n) is 5.84. The van der Waals surface area contributed by atoms with Crippen molar-refractivity contribution in [3.63, 3.8) is 0 Å². The molecule has 20 heavy (non-hydrogen) atoms. The van der Waals surface area contributed by atoms with Crippen molar-refractivity contribution in [3.05, 3.63) is 39.0 Å². The molecule has 0 aliphatic carbocycles. The first-order chi connectivity index (χ1) is 9.62. The molecule has 0 amide bonds. The Morgan fingerprint density at radius 2 is 1.70 bits per heavy atom. The topological polar surface area (TPSA) is 47.9 Å². The van der Waals surface area contributed by atoms with Crippen molar-refractivity contribution < 1.29 is 19.3 Å². The van der Waals surface area contributed by atoms with Crippen molar-refractivity contribution in [2.24, 2.45) is 0 Å². The van der Waals surface area contributed by atoms with Crippen LogP contribution < -0.4 is 14.2 Å². The van der Waals surface area contributed by atoms with Gasteiger partial charge in [-0.2, -0.15) is 0 Å². The molecule has 108 valence electrons. The summed E-state index contributed by atoms with van der Waals surface area (Å²) in [6, 6.07) is 7.01. The van der Waals surface area contributed by atoms with E-state index >= 15 is 0 Å². The van der Waals surface area contributed by atoms with Crippen LogP contribution in [0.3, 0.4) is 0 Å². The number of aliphatic hydroxyl groups is 1. The Kier molecular flexibility index (Phi) is 4.75. The molecule has 0 aliphatic heterocycles. The van der Waals surface area contributed by atoms with E-state index < -0.39 is 6.10 Å². The lowest BCUT2D eigenvalue weighted by Crippen LogP contribution is -2.03. The lowest BCUT2D eigenvalue weighted by atomic mass is 10.1. The van der Waals surface area contributed by atoms with E-state index in [2.05, 4.69) is 0 Å². The monoisotopic (exact) mass is 314 g/mol. The van der Waals surface area contributed by atoms with Gasteiger partial charge in [0.05, 0.1) is 25.7 Å². The molecule has 6 heteroatoms. The van der Waals surface area contributed by atoms with Gasteiger partial charge in [-0.25, -0.2) is 0 Å². The van der Waals surface area contributed by atoms with Gasteiger partial charge in [0.2, 0.25) is 5.75 Å². The summed E-state index contributed by atoms with van der Waals surface area (Å²) in [5.74, 6) is 1.45. The van der Waals surface area contributed by atoms with Crippen molar-refractivity contribution in [2.75, 3.05) is 21.3 Å². The SMILES string of the molecule is COc1ccc(C(O)c2ccc(Cl)s2)c(OC)c1OC. The number of benzene rings is 1. The number of halogens is 1. The number of aliphatic hydroxyl groups excluding tert-OH is 1. The Bertz CT molecular complexity index is 597. The van der Waals surface area contributed by atoms with Gasteiger partial charge in [-0.1, -0.05) is 11.6 Å². The third-order valence-electron chi connectivity index (χ3n) is 2.89. The van der Waals surface area contributed by atoms with Gasteiger partial charge in [0.15, 0.2) is 11.5 Å². The summed E-state index contributed by atoms with van der Waals surface area (Å²) in [5, 5.41) is 10.5. The van der Waals surface area contributed by atoms with Gasteiger partial charge >= 0.3 is 0 Å². The van der Waals surface area contributed by atoms with Crippen LogP contribution >= 0.6 is 22.9 Å². The zero-order valence-corrected chi connectivity index (χ0v) is 12.9. The van der Waals surface area contributed by atoms with Crippen molar-refractivity contribution in [1.29, 1.82) is 0 Å². The van der Waals surface area contributed by atoms with Gasteiger partial charge in [-0.15, -0.1) is 11.3 Å². The van der Waals surface area contributed by atoms with Gasteiger partial charge in [0, 0.05) is 10.4 Å². The van der Waals surface area contributed by atoms with E-state index in [-0.39, 0.29) is 0 Å². The molecule has 1 heterocycles. The van der Waals surface area contributed by atoms with Crippen LogP contribution in [-0.2, 0) is 0 Å². The summed E-state index contributed by atoms with van der Waals surface area (Å²) in [6.07, 6.45) is -0.831. The molecular weight excluding hydrogens is 300 g/mol. The van der Waals surface area contributed by atoms with E-state index in [9.17, 15) is 5.11 Å². The fourth-order valence-corrected chi connectivity index (χ4v) is 3.03. The number of ether oxygens (including phenoxy) is 3. The Balaban J connectivity index is 2.51. The maximum absolute atomic E-state index is 10.5. The standard InChI is InChI=1S/C14H15ClO4S/c1-17-9-5-4-8(13(18-2)14(9)19-3)12(16)10-6-7-11(15)20-10/h4-7,12,16H,1-3H3. The molecule has 0 radical (unpaired) electrons. The second-order valence-electron chi connectivity index (χ2n) is 3.97. The van der Waals surface area contributed by atoms with E-state index in [0.29, 0.717) is 27.1 Å². The zero-order chi connectivity index (χ0) is 14.7. The minimum atomic E-state index is -0.831. The number of thiophene rings is 1. The lowest BCUT2D eigenvalue weighted by Gasteiger charge is -2.18. The summed E-state index contributed by atoms with van der Waals surface area (Å²) in [6.45, 7) is 0. The summed E-state index contributed by atoms with van der Waals surface area (Å²) in [4.78, 5) is 0.737. The highest BCUT2D eigenvalue weighted by atomic mass is 35.5. The molecular formula is C14H15ClO4S. The quantitative estimate of drug-likeness (QED) is 0.917. The van der Waals surface area contributed by atoms with Crippen LogP contribution in [0.25, 0.3) is 0 Å². The number of hydrogen-bond acceptors (Lipinski definition) is 5. The molecule has 1 atom stereocenters. The third kappa shape index (κ3) is 2.70. The second kappa shape index (κ2) is 6.35. The molecule has 1 aromatic heterocycles. The molecule has 0 saturated carbocycles. The van der Waals surface area contributed by atoms with Crippen LogP contribution in [0.15, 0.2) is 24.3 Å². The summed E-state index contributed by atoms with van der Waals surface area (Å²) in [7, 11) is 4.60. The fourth-order valence-electron chi connectivity index (χ4n) is 1.97. The van der Waals surface area contributed by atoms with Gasteiger partial charge < -0.3 is 19.3 Å². The van der Waals surface area contributed by atoms with E-state index in [1.165, 1.54) is 25.6 Å².